The van der Waals surface area contributed by atoms with Gasteiger partial charge >= 0.3 is 0 Å². The maximum atomic E-state index is 12.0. The summed E-state index contributed by atoms with van der Waals surface area (Å²) in [6.45, 7) is 5.73. The van der Waals surface area contributed by atoms with E-state index in [4.69, 9.17) is 5.11 Å². The minimum absolute atomic E-state index is 0.0579. The quantitative estimate of drug-likeness (QED) is 0.759. The Morgan fingerprint density at radius 1 is 1.65 bits per heavy atom. The molecule has 2 N–H and O–H groups in total. The van der Waals surface area contributed by atoms with Crippen molar-refractivity contribution >= 4 is 5.91 Å². The van der Waals surface area contributed by atoms with Gasteiger partial charge in [0.1, 0.15) is 18.7 Å². The number of nitrogens with one attached hydrogen (secondary N) is 1. The highest BCUT2D eigenvalue weighted by Gasteiger charge is 2.26. The highest BCUT2D eigenvalue weighted by Crippen LogP contribution is 2.15. The third kappa shape index (κ3) is 3.52. The van der Waals surface area contributed by atoms with Crippen molar-refractivity contribution < 1.29 is 9.90 Å². The summed E-state index contributed by atoms with van der Waals surface area (Å²) in [4.78, 5) is 15.8. The molecule has 0 radical (unpaired) electrons. The summed E-state index contributed by atoms with van der Waals surface area (Å²) in [5, 5.41) is 15.9. The van der Waals surface area contributed by atoms with Crippen LogP contribution < -0.4 is 5.32 Å². The number of hydrogen-bond donors (Lipinski definition) is 2. The second-order valence-corrected chi connectivity index (χ2v) is 4.43. The van der Waals surface area contributed by atoms with Crippen molar-refractivity contribution in [3.05, 3.63) is 12.7 Å². The summed E-state index contributed by atoms with van der Waals surface area (Å²) in [6.07, 6.45) is 4.22. The molecule has 1 aromatic rings. The molecule has 1 amide bonds. The topological polar surface area (TPSA) is 80.0 Å². The van der Waals surface area contributed by atoms with E-state index >= 15 is 0 Å². The molecule has 1 aromatic heterocycles. The SMILES string of the molecule is CCC(C)(CCO)NC(=O)C(C)n1cncn1. The monoisotopic (exact) mass is 240 g/mol. The van der Waals surface area contributed by atoms with Crippen LogP contribution in [-0.2, 0) is 4.79 Å². The molecule has 1 heterocycles. The number of aliphatic hydroxyl groups excluding tert-OH is 1. The van der Waals surface area contributed by atoms with Gasteiger partial charge in [0.15, 0.2) is 0 Å². The van der Waals surface area contributed by atoms with Crippen LogP contribution in [-0.4, -0.2) is 37.9 Å². The predicted octanol–water partition coefficient (Wildman–Crippen LogP) is 0.506. The lowest BCUT2D eigenvalue weighted by Gasteiger charge is -2.30. The molecule has 0 fully saturated rings. The Bertz CT molecular complexity index is 352. The number of amides is 1. The van der Waals surface area contributed by atoms with Crippen LogP contribution in [0.1, 0.15) is 39.7 Å². The van der Waals surface area contributed by atoms with Crippen molar-refractivity contribution in [3.63, 3.8) is 0 Å². The van der Waals surface area contributed by atoms with Crippen molar-refractivity contribution in [1.29, 1.82) is 0 Å². The number of nitrogens with zero attached hydrogens (tertiary/aromatic N) is 3. The average Bonchev–Trinajstić information content (AvgIpc) is 2.81. The van der Waals surface area contributed by atoms with Gasteiger partial charge in [-0.25, -0.2) is 9.67 Å². The fraction of sp³-hybridized carbons (Fsp3) is 0.727. The predicted molar refractivity (Wildman–Crippen MR) is 63.3 cm³/mol. The first kappa shape index (κ1) is 13.6. The Kier molecular flexibility index (Phi) is 4.62. The molecule has 6 heteroatoms. The Balaban J connectivity index is 2.65. The van der Waals surface area contributed by atoms with E-state index in [1.54, 1.807) is 6.92 Å². The first-order valence-electron chi connectivity index (χ1n) is 5.79. The molecule has 6 nitrogen and oxygen atoms in total. The molecule has 0 saturated heterocycles. The van der Waals surface area contributed by atoms with Crippen molar-refractivity contribution in [2.45, 2.75) is 45.2 Å². The van der Waals surface area contributed by atoms with E-state index in [1.807, 2.05) is 13.8 Å². The van der Waals surface area contributed by atoms with Crippen LogP contribution in [0, 0.1) is 0 Å². The highest BCUT2D eigenvalue weighted by atomic mass is 16.3. The summed E-state index contributed by atoms with van der Waals surface area (Å²) in [5.41, 5.74) is -0.374. The lowest BCUT2D eigenvalue weighted by Crippen LogP contribution is -2.48. The fourth-order valence-corrected chi connectivity index (χ4v) is 1.51. The molecule has 2 atom stereocenters. The van der Waals surface area contributed by atoms with Crippen LogP contribution in [0.3, 0.4) is 0 Å². The molecule has 1 rings (SSSR count). The third-order valence-corrected chi connectivity index (χ3v) is 3.08. The zero-order chi connectivity index (χ0) is 12.9. The van der Waals surface area contributed by atoms with Crippen molar-refractivity contribution in [2.75, 3.05) is 6.61 Å². The number of rotatable bonds is 6. The fourth-order valence-electron chi connectivity index (χ4n) is 1.51. The number of aliphatic hydroxyl groups is 1. The van der Waals surface area contributed by atoms with Crippen LogP contribution >= 0.6 is 0 Å². The van der Waals surface area contributed by atoms with Gasteiger partial charge < -0.3 is 10.4 Å². The van der Waals surface area contributed by atoms with Crippen molar-refractivity contribution in [1.82, 2.24) is 20.1 Å². The van der Waals surface area contributed by atoms with Gasteiger partial charge in [0.05, 0.1) is 0 Å². The van der Waals surface area contributed by atoms with Crippen LogP contribution in [0.2, 0.25) is 0 Å². The second kappa shape index (κ2) is 5.77. The molecule has 96 valence electrons. The number of carbonyl (C=O) groups is 1. The maximum absolute atomic E-state index is 12.0. The minimum atomic E-state index is -0.401. The summed E-state index contributed by atoms with van der Waals surface area (Å²) in [7, 11) is 0. The normalized spacial score (nSPS) is 16.2. The van der Waals surface area contributed by atoms with E-state index < -0.39 is 6.04 Å². The average molecular weight is 240 g/mol. The summed E-state index contributed by atoms with van der Waals surface area (Å²) >= 11 is 0. The molecule has 0 aliphatic rings. The van der Waals surface area contributed by atoms with Gasteiger partial charge in [0.25, 0.3) is 0 Å². The van der Waals surface area contributed by atoms with Crippen LogP contribution in [0.15, 0.2) is 12.7 Å². The first-order valence-corrected chi connectivity index (χ1v) is 5.79. The zero-order valence-electron chi connectivity index (χ0n) is 10.6. The van der Waals surface area contributed by atoms with E-state index in [0.29, 0.717) is 6.42 Å². The number of carbonyl (C=O) groups excluding carboxylic acids is 1. The Morgan fingerprint density at radius 2 is 2.35 bits per heavy atom. The van der Waals surface area contributed by atoms with E-state index in [-0.39, 0.29) is 18.1 Å². The summed E-state index contributed by atoms with van der Waals surface area (Å²) in [5.74, 6) is -0.117. The summed E-state index contributed by atoms with van der Waals surface area (Å²) in [6, 6.07) is -0.401. The van der Waals surface area contributed by atoms with Gasteiger partial charge in [-0.1, -0.05) is 6.92 Å². The van der Waals surface area contributed by atoms with E-state index in [1.165, 1.54) is 17.3 Å². The van der Waals surface area contributed by atoms with Gasteiger partial charge in [-0.15, -0.1) is 0 Å². The Morgan fingerprint density at radius 3 is 2.82 bits per heavy atom. The van der Waals surface area contributed by atoms with E-state index in [2.05, 4.69) is 15.4 Å². The summed E-state index contributed by atoms with van der Waals surface area (Å²) < 4.78 is 1.50. The van der Waals surface area contributed by atoms with Crippen LogP contribution in [0.4, 0.5) is 0 Å². The zero-order valence-corrected chi connectivity index (χ0v) is 10.6. The molecule has 2 unspecified atom stereocenters. The van der Waals surface area contributed by atoms with Crippen molar-refractivity contribution in [2.24, 2.45) is 0 Å². The minimum Gasteiger partial charge on any atom is -0.396 e. The molecule has 0 aromatic carbocycles. The molecular formula is C11H20N4O2. The molecule has 17 heavy (non-hydrogen) atoms. The smallest absolute Gasteiger partial charge is 0.245 e. The maximum Gasteiger partial charge on any atom is 0.245 e. The van der Waals surface area contributed by atoms with Crippen LogP contribution in [0.25, 0.3) is 0 Å². The molecule has 0 aliphatic carbocycles. The first-order chi connectivity index (χ1) is 8.02. The molecule has 0 aliphatic heterocycles. The standard InChI is InChI=1S/C11H20N4O2/c1-4-11(3,5-6-16)14-10(17)9(2)15-8-12-7-13-15/h7-9,16H,4-6H2,1-3H3,(H,14,17). The van der Waals surface area contributed by atoms with Crippen LogP contribution in [0.5, 0.6) is 0 Å². The Labute approximate surface area is 101 Å². The third-order valence-electron chi connectivity index (χ3n) is 3.08. The Hall–Kier alpha value is -1.43. The molecule has 0 spiro atoms. The van der Waals surface area contributed by atoms with E-state index in [9.17, 15) is 4.79 Å². The molecular weight excluding hydrogens is 220 g/mol. The molecule has 0 bridgehead atoms. The van der Waals surface area contributed by atoms with E-state index in [0.717, 1.165) is 6.42 Å². The second-order valence-electron chi connectivity index (χ2n) is 4.43. The largest absolute Gasteiger partial charge is 0.396 e. The molecule has 0 saturated carbocycles. The lowest BCUT2D eigenvalue weighted by molar-refractivity contribution is -0.126. The van der Waals surface area contributed by atoms with Gasteiger partial charge in [-0.2, -0.15) is 5.10 Å². The highest BCUT2D eigenvalue weighted by molar-refractivity contribution is 5.80. The van der Waals surface area contributed by atoms with Crippen molar-refractivity contribution in [3.8, 4) is 0 Å². The lowest BCUT2D eigenvalue weighted by atomic mass is 9.94. The van der Waals surface area contributed by atoms with Gasteiger partial charge in [0, 0.05) is 12.1 Å². The van der Waals surface area contributed by atoms with Gasteiger partial charge in [-0.05, 0) is 26.7 Å². The van der Waals surface area contributed by atoms with Gasteiger partial charge in [0.2, 0.25) is 5.91 Å². The number of aromatic nitrogens is 3. The van der Waals surface area contributed by atoms with Gasteiger partial charge in [-0.3, -0.25) is 4.79 Å². The number of hydrogen-bond acceptors (Lipinski definition) is 4.